The summed E-state index contributed by atoms with van der Waals surface area (Å²) in [4.78, 5) is 30.9. The van der Waals surface area contributed by atoms with E-state index in [1.165, 1.54) is 30.4 Å². The molecule has 0 unspecified atom stereocenters. The lowest BCUT2D eigenvalue weighted by Gasteiger charge is -2.36. The van der Waals surface area contributed by atoms with Gasteiger partial charge in [0.15, 0.2) is 0 Å². The Balaban J connectivity index is 1.40. The van der Waals surface area contributed by atoms with Crippen LogP contribution in [0.1, 0.15) is 43.2 Å². The molecule has 0 spiro atoms. The summed E-state index contributed by atoms with van der Waals surface area (Å²) in [5, 5.41) is 3.19. The third-order valence-electron chi connectivity index (χ3n) is 6.05. The van der Waals surface area contributed by atoms with Crippen molar-refractivity contribution in [3.8, 4) is 0 Å². The number of likely N-dealkylation sites (N-methyl/N-ethyl adjacent to an activating group) is 1. The largest absolute Gasteiger partial charge is 0.340 e. The van der Waals surface area contributed by atoms with Crippen molar-refractivity contribution in [1.82, 2.24) is 20.0 Å². The number of nitrogens with one attached hydrogen (secondary N) is 1. The SMILES string of the molecule is Cc1ccccc1CN(C)C(=O)CN1CCN(C(=O)NC2CCCCC2)CC1. The molecule has 0 radical (unpaired) electrons. The van der Waals surface area contributed by atoms with Crippen LogP contribution < -0.4 is 5.32 Å². The van der Waals surface area contributed by atoms with Crippen LogP contribution in [0.5, 0.6) is 0 Å². The molecule has 6 nitrogen and oxygen atoms in total. The van der Waals surface area contributed by atoms with E-state index in [1.54, 1.807) is 4.90 Å². The molecular formula is C22H34N4O2. The molecule has 1 aromatic carbocycles. The minimum atomic E-state index is 0.0644. The van der Waals surface area contributed by atoms with Gasteiger partial charge in [-0.05, 0) is 30.9 Å². The highest BCUT2D eigenvalue weighted by Crippen LogP contribution is 2.18. The fourth-order valence-corrected chi connectivity index (χ4v) is 4.07. The molecule has 1 saturated carbocycles. The molecule has 0 atom stereocenters. The van der Waals surface area contributed by atoms with Crippen molar-refractivity contribution in [3.63, 3.8) is 0 Å². The molecule has 3 amide bonds. The first-order chi connectivity index (χ1) is 13.5. The Morgan fingerprint density at radius 1 is 1.07 bits per heavy atom. The van der Waals surface area contributed by atoms with Gasteiger partial charge in [0.1, 0.15) is 0 Å². The second-order valence-electron chi connectivity index (χ2n) is 8.22. The number of amides is 3. The number of piperazine rings is 1. The summed E-state index contributed by atoms with van der Waals surface area (Å²) in [5.41, 5.74) is 2.39. The molecule has 0 bridgehead atoms. The average Bonchev–Trinajstić information content (AvgIpc) is 2.71. The van der Waals surface area contributed by atoms with E-state index in [0.717, 1.165) is 25.9 Å². The van der Waals surface area contributed by atoms with E-state index < -0.39 is 0 Å². The number of nitrogens with zero attached hydrogens (tertiary/aromatic N) is 3. The van der Waals surface area contributed by atoms with Gasteiger partial charge in [0.25, 0.3) is 0 Å². The number of carbonyl (C=O) groups is 2. The molecule has 154 valence electrons. The van der Waals surface area contributed by atoms with Crippen LogP contribution in [0, 0.1) is 6.92 Å². The highest BCUT2D eigenvalue weighted by atomic mass is 16.2. The molecule has 3 rings (SSSR count). The molecule has 1 N–H and O–H groups in total. The molecule has 2 aliphatic rings. The fraction of sp³-hybridized carbons (Fsp3) is 0.636. The highest BCUT2D eigenvalue weighted by Gasteiger charge is 2.25. The Kier molecular flexibility index (Phi) is 7.31. The van der Waals surface area contributed by atoms with Crippen molar-refractivity contribution in [1.29, 1.82) is 0 Å². The smallest absolute Gasteiger partial charge is 0.317 e. The van der Waals surface area contributed by atoms with Crippen LogP contribution >= 0.6 is 0 Å². The van der Waals surface area contributed by atoms with Gasteiger partial charge in [0, 0.05) is 45.8 Å². The molecular weight excluding hydrogens is 352 g/mol. The highest BCUT2D eigenvalue weighted by molar-refractivity contribution is 5.78. The lowest BCUT2D eigenvalue weighted by molar-refractivity contribution is -0.132. The zero-order valence-corrected chi connectivity index (χ0v) is 17.3. The normalized spacial score (nSPS) is 18.7. The summed E-state index contributed by atoms with van der Waals surface area (Å²) in [6.07, 6.45) is 5.94. The van der Waals surface area contributed by atoms with Gasteiger partial charge in [-0.3, -0.25) is 9.69 Å². The Morgan fingerprint density at radius 3 is 2.43 bits per heavy atom. The number of rotatable bonds is 5. The van der Waals surface area contributed by atoms with Crippen molar-refractivity contribution in [2.75, 3.05) is 39.8 Å². The van der Waals surface area contributed by atoms with Gasteiger partial charge in [-0.25, -0.2) is 4.79 Å². The Labute approximate surface area is 168 Å². The summed E-state index contributed by atoms with van der Waals surface area (Å²) in [5.74, 6) is 0.128. The van der Waals surface area contributed by atoms with Crippen LogP contribution in [0.25, 0.3) is 0 Å². The predicted octanol–water partition coefficient (Wildman–Crippen LogP) is 2.61. The second-order valence-corrected chi connectivity index (χ2v) is 8.22. The summed E-state index contributed by atoms with van der Waals surface area (Å²) < 4.78 is 0. The molecule has 28 heavy (non-hydrogen) atoms. The number of urea groups is 1. The van der Waals surface area contributed by atoms with Gasteiger partial charge in [-0.15, -0.1) is 0 Å². The third kappa shape index (κ3) is 5.71. The van der Waals surface area contributed by atoms with Gasteiger partial charge >= 0.3 is 6.03 Å². The minimum Gasteiger partial charge on any atom is -0.340 e. The summed E-state index contributed by atoms with van der Waals surface area (Å²) in [6.45, 7) is 6.01. The van der Waals surface area contributed by atoms with Gasteiger partial charge in [0.05, 0.1) is 6.54 Å². The average molecular weight is 387 g/mol. The first kappa shape index (κ1) is 20.6. The van der Waals surface area contributed by atoms with Crippen molar-refractivity contribution in [3.05, 3.63) is 35.4 Å². The van der Waals surface area contributed by atoms with Gasteiger partial charge in [-0.1, -0.05) is 43.5 Å². The summed E-state index contributed by atoms with van der Waals surface area (Å²) in [7, 11) is 1.86. The number of benzene rings is 1. The number of aryl methyl sites for hydroxylation is 1. The van der Waals surface area contributed by atoms with Crippen LogP contribution in [-0.2, 0) is 11.3 Å². The van der Waals surface area contributed by atoms with E-state index in [9.17, 15) is 9.59 Å². The standard InChI is InChI=1S/C22H34N4O2/c1-18-8-6-7-9-19(18)16-24(2)21(27)17-25-12-14-26(15-13-25)22(28)23-20-10-4-3-5-11-20/h6-9,20H,3-5,10-17H2,1-2H3,(H,23,28). The quantitative estimate of drug-likeness (QED) is 0.846. The van der Waals surface area contributed by atoms with E-state index in [1.807, 2.05) is 24.1 Å². The van der Waals surface area contributed by atoms with Crippen molar-refractivity contribution in [2.24, 2.45) is 0 Å². The predicted molar refractivity (Wildman–Crippen MR) is 111 cm³/mol. The fourth-order valence-electron chi connectivity index (χ4n) is 4.07. The molecule has 1 aliphatic carbocycles. The Bertz CT molecular complexity index is 664. The van der Waals surface area contributed by atoms with Gasteiger partial charge in [-0.2, -0.15) is 0 Å². The zero-order chi connectivity index (χ0) is 19.9. The van der Waals surface area contributed by atoms with Crippen molar-refractivity contribution in [2.45, 2.75) is 51.6 Å². The van der Waals surface area contributed by atoms with Crippen LogP contribution in [0.3, 0.4) is 0 Å². The van der Waals surface area contributed by atoms with E-state index in [0.29, 0.717) is 32.2 Å². The molecule has 2 fully saturated rings. The van der Waals surface area contributed by atoms with E-state index in [-0.39, 0.29) is 11.9 Å². The monoisotopic (exact) mass is 386 g/mol. The van der Waals surface area contributed by atoms with E-state index in [4.69, 9.17) is 0 Å². The first-order valence-electron chi connectivity index (χ1n) is 10.6. The maximum Gasteiger partial charge on any atom is 0.317 e. The Hall–Kier alpha value is -2.08. The number of hydrogen-bond donors (Lipinski definition) is 1. The van der Waals surface area contributed by atoms with Crippen LogP contribution in [-0.4, -0.2) is 72.5 Å². The van der Waals surface area contributed by atoms with E-state index in [2.05, 4.69) is 29.3 Å². The lowest BCUT2D eigenvalue weighted by atomic mass is 9.96. The summed E-state index contributed by atoms with van der Waals surface area (Å²) >= 11 is 0. The molecule has 1 saturated heterocycles. The maximum absolute atomic E-state index is 12.6. The Morgan fingerprint density at radius 2 is 1.75 bits per heavy atom. The van der Waals surface area contributed by atoms with Crippen LogP contribution in [0.4, 0.5) is 4.79 Å². The molecule has 1 heterocycles. The van der Waals surface area contributed by atoms with E-state index >= 15 is 0 Å². The molecule has 6 heteroatoms. The molecule has 1 aromatic rings. The maximum atomic E-state index is 12.6. The van der Waals surface area contributed by atoms with Crippen LogP contribution in [0.2, 0.25) is 0 Å². The first-order valence-corrected chi connectivity index (χ1v) is 10.6. The third-order valence-corrected chi connectivity index (χ3v) is 6.05. The van der Waals surface area contributed by atoms with Crippen molar-refractivity contribution < 1.29 is 9.59 Å². The molecule has 1 aliphatic heterocycles. The number of hydrogen-bond acceptors (Lipinski definition) is 3. The number of carbonyl (C=O) groups excluding carboxylic acids is 2. The summed E-state index contributed by atoms with van der Waals surface area (Å²) in [6, 6.07) is 8.59. The zero-order valence-electron chi connectivity index (χ0n) is 17.3. The van der Waals surface area contributed by atoms with Gasteiger partial charge in [0.2, 0.25) is 5.91 Å². The lowest BCUT2D eigenvalue weighted by Crippen LogP contribution is -2.54. The van der Waals surface area contributed by atoms with Gasteiger partial charge < -0.3 is 15.1 Å². The molecule has 0 aromatic heterocycles. The van der Waals surface area contributed by atoms with Crippen LogP contribution in [0.15, 0.2) is 24.3 Å². The van der Waals surface area contributed by atoms with Crippen molar-refractivity contribution >= 4 is 11.9 Å². The topological polar surface area (TPSA) is 55.9 Å². The second kappa shape index (κ2) is 9.92. The minimum absolute atomic E-state index is 0.0644.